The van der Waals surface area contributed by atoms with Crippen molar-refractivity contribution in [2.24, 2.45) is 39.9 Å². The lowest BCUT2D eigenvalue weighted by Gasteiger charge is -2.68. The number of allylic oxidation sites excluding steroid dienone is 2. The fraction of sp³-hybridized carbons (Fsp3) is 0.774. The van der Waals surface area contributed by atoms with Crippen molar-refractivity contribution in [3.8, 4) is 0 Å². The molecule has 0 bridgehead atoms. The van der Waals surface area contributed by atoms with Gasteiger partial charge in [0, 0.05) is 30.3 Å². The highest BCUT2D eigenvalue weighted by Gasteiger charge is 2.71. The first-order valence-electron chi connectivity index (χ1n) is 14.2. The average Bonchev–Trinajstić information content (AvgIpc) is 3.08. The molecule has 0 aromatic carbocycles. The van der Waals surface area contributed by atoms with Gasteiger partial charge in [0.2, 0.25) is 0 Å². The quantitative estimate of drug-likeness (QED) is 0.270. The third-order valence-electron chi connectivity index (χ3n) is 11.5. The highest BCUT2D eigenvalue weighted by Crippen LogP contribution is 2.74. The zero-order chi connectivity index (χ0) is 27.5. The van der Waals surface area contributed by atoms with E-state index in [1.165, 1.54) is 6.92 Å². The molecule has 0 heterocycles. The lowest BCUT2D eigenvalue weighted by molar-refractivity contribution is -0.234. The van der Waals surface area contributed by atoms with Crippen molar-refractivity contribution in [3.63, 3.8) is 0 Å². The summed E-state index contributed by atoms with van der Waals surface area (Å²) < 4.78 is 5.86. The number of aliphatic hydroxyl groups is 1. The monoisotopic (exact) mass is 514 g/mol. The Kier molecular flexibility index (Phi) is 7.33. The third kappa shape index (κ3) is 4.22. The van der Waals surface area contributed by atoms with Crippen molar-refractivity contribution in [1.29, 1.82) is 0 Å². The van der Waals surface area contributed by atoms with Crippen LogP contribution in [-0.2, 0) is 19.1 Å². The minimum absolute atomic E-state index is 0.0509. The summed E-state index contributed by atoms with van der Waals surface area (Å²) in [7, 11) is 0. The van der Waals surface area contributed by atoms with Gasteiger partial charge in [0.05, 0.1) is 6.10 Å². The van der Waals surface area contributed by atoms with E-state index in [2.05, 4.69) is 20.8 Å². The summed E-state index contributed by atoms with van der Waals surface area (Å²) in [5.74, 6) is -0.805. The molecule has 4 saturated carbocycles. The number of ketones is 1. The topological polar surface area (TPSA) is 101 Å². The molecule has 0 aromatic heterocycles. The fourth-order valence-corrected chi connectivity index (χ4v) is 9.52. The van der Waals surface area contributed by atoms with Crippen molar-refractivity contribution in [1.82, 2.24) is 0 Å². The summed E-state index contributed by atoms with van der Waals surface area (Å²) in [5.41, 5.74) is 1.30. The molecule has 4 aliphatic rings. The van der Waals surface area contributed by atoms with Gasteiger partial charge in [0.25, 0.3) is 0 Å². The smallest absolute Gasteiger partial charge is 0.331 e. The van der Waals surface area contributed by atoms with Gasteiger partial charge in [-0.25, -0.2) is 4.79 Å². The second-order valence-corrected chi connectivity index (χ2v) is 13.4. The van der Waals surface area contributed by atoms with E-state index in [0.29, 0.717) is 43.5 Å². The summed E-state index contributed by atoms with van der Waals surface area (Å²) in [6.45, 7) is 14.2. The van der Waals surface area contributed by atoms with Crippen LogP contribution in [0.1, 0.15) is 99.8 Å². The minimum atomic E-state index is -0.943. The standard InChI is InChI=1S/C31H46O6/c1-17(2)9-8-10-20(28(35)36)27-21-11-12-25-29(5)14-13-23(33)18(3)22(29)15-26(34)31(25,7)30(21,6)16-24(27)37-19(4)32/h9,18,21-22,24-26,34H,8,10-16H2,1-7H3,(H,35,36)/b27-20-/t18-,21-,22-,24-,25-,26?,29-,30-,31+/m0/s1. The third-order valence-corrected chi connectivity index (χ3v) is 11.5. The Morgan fingerprint density at radius 2 is 1.81 bits per heavy atom. The molecule has 1 unspecified atom stereocenters. The molecule has 0 radical (unpaired) electrons. The van der Waals surface area contributed by atoms with Crippen LogP contribution < -0.4 is 0 Å². The van der Waals surface area contributed by atoms with Gasteiger partial charge in [-0.1, -0.05) is 39.3 Å². The van der Waals surface area contributed by atoms with E-state index in [1.807, 2.05) is 26.8 Å². The molecule has 6 nitrogen and oxygen atoms in total. The molecule has 6 heteroatoms. The van der Waals surface area contributed by atoms with E-state index in [9.17, 15) is 24.6 Å². The summed E-state index contributed by atoms with van der Waals surface area (Å²) in [6, 6.07) is 0. The number of carbonyl (C=O) groups is 3. The second kappa shape index (κ2) is 9.66. The molecule has 2 N–H and O–H groups in total. The van der Waals surface area contributed by atoms with E-state index in [-0.39, 0.29) is 29.1 Å². The molecule has 0 spiro atoms. The maximum Gasteiger partial charge on any atom is 0.331 e. The lowest BCUT2D eigenvalue weighted by Crippen LogP contribution is -2.66. The van der Waals surface area contributed by atoms with Crippen LogP contribution in [0.5, 0.6) is 0 Å². The number of Topliss-reactive ketones (excluding diaryl/α,β-unsaturated/α-hetero) is 1. The van der Waals surface area contributed by atoms with Gasteiger partial charge in [0.1, 0.15) is 11.9 Å². The van der Waals surface area contributed by atoms with E-state index in [4.69, 9.17) is 4.74 Å². The Morgan fingerprint density at radius 3 is 2.41 bits per heavy atom. The largest absolute Gasteiger partial charge is 0.478 e. The summed E-state index contributed by atoms with van der Waals surface area (Å²) in [6.07, 6.45) is 6.08. The predicted octanol–water partition coefficient (Wildman–Crippen LogP) is 5.87. The number of carboxylic acid groups (broad SMARTS) is 1. The number of esters is 1. The number of hydrogen-bond donors (Lipinski definition) is 2. The van der Waals surface area contributed by atoms with Crippen molar-refractivity contribution < 1.29 is 29.3 Å². The number of rotatable bonds is 5. The van der Waals surface area contributed by atoms with Gasteiger partial charge in [0.15, 0.2) is 0 Å². The first-order chi connectivity index (χ1) is 17.2. The van der Waals surface area contributed by atoms with Crippen LogP contribution in [0.2, 0.25) is 0 Å². The maximum absolute atomic E-state index is 12.6. The molecule has 0 aliphatic heterocycles. The van der Waals surface area contributed by atoms with Gasteiger partial charge in [-0.3, -0.25) is 9.59 Å². The van der Waals surface area contributed by atoms with E-state index in [1.54, 1.807) is 0 Å². The Bertz CT molecular complexity index is 1040. The number of aliphatic carboxylic acids is 1. The maximum atomic E-state index is 12.6. The average molecular weight is 515 g/mol. The normalized spacial score (nSPS) is 44.3. The van der Waals surface area contributed by atoms with Gasteiger partial charge in [-0.2, -0.15) is 0 Å². The Balaban J connectivity index is 1.82. The van der Waals surface area contributed by atoms with Crippen LogP contribution >= 0.6 is 0 Å². The van der Waals surface area contributed by atoms with Crippen LogP contribution in [0.4, 0.5) is 0 Å². The number of carboxylic acids is 1. The van der Waals surface area contributed by atoms with Crippen molar-refractivity contribution in [3.05, 3.63) is 22.8 Å². The summed E-state index contributed by atoms with van der Waals surface area (Å²) in [4.78, 5) is 37.4. The molecule has 9 atom stereocenters. The predicted molar refractivity (Wildman–Crippen MR) is 142 cm³/mol. The van der Waals surface area contributed by atoms with Gasteiger partial charge < -0.3 is 14.9 Å². The van der Waals surface area contributed by atoms with Crippen LogP contribution in [0, 0.1) is 39.9 Å². The summed E-state index contributed by atoms with van der Waals surface area (Å²) in [5, 5.41) is 22.2. The zero-order valence-electron chi connectivity index (χ0n) is 23.7. The van der Waals surface area contributed by atoms with Crippen molar-refractivity contribution in [2.75, 3.05) is 0 Å². The molecular formula is C31H46O6. The SMILES string of the molecule is CC(=O)O[C@H]1C[C@@]2(C)[C@@H](CC[C@H]3[C@@]4(C)CCC(=O)[C@@H](C)[C@@H]4CC(O)[C@@]32C)/C1=C(\CCC=C(C)C)C(=O)O. The molecule has 0 amide bonds. The molecule has 4 aliphatic carbocycles. The minimum Gasteiger partial charge on any atom is -0.478 e. The van der Waals surface area contributed by atoms with E-state index < -0.39 is 35.0 Å². The number of aliphatic hydroxyl groups excluding tert-OH is 1. The van der Waals surface area contributed by atoms with Gasteiger partial charge >= 0.3 is 11.9 Å². The van der Waals surface area contributed by atoms with Crippen LogP contribution in [0.25, 0.3) is 0 Å². The Labute approximate surface area is 221 Å². The number of hydrogen-bond acceptors (Lipinski definition) is 5. The molecule has 0 aromatic rings. The number of carbonyl (C=O) groups excluding carboxylic acids is 2. The van der Waals surface area contributed by atoms with Crippen molar-refractivity contribution >= 4 is 17.7 Å². The van der Waals surface area contributed by atoms with Gasteiger partial charge in [-0.15, -0.1) is 0 Å². The zero-order valence-corrected chi connectivity index (χ0v) is 23.7. The van der Waals surface area contributed by atoms with Gasteiger partial charge in [-0.05, 0) is 93.0 Å². The van der Waals surface area contributed by atoms with Crippen LogP contribution in [0.3, 0.4) is 0 Å². The fourth-order valence-electron chi connectivity index (χ4n) is 9.52. The van der Waals surface area contributed by atoms with E-state index >= 15 is 0 Å². The van der Waals surface area contributed by atoms with E-state index in [0.717, 1.165) is 30.4 Å². The first-order valence-corrected chi connectivity index (χ1v) is 14.2. The second-order valence-electron chi connectivity index (χ2n) is 13.4. The molecule has 0 saturated heterocycles. The number of fused-ring (bicyclic) bond motifs is 5. The molecule has 4 rings (SSSR count). The van der Waals surface area contributed by atoms with Crippen molar-refractivity contribution in [2.45, 2.75) is 112 Å². The highest BCUT2D eigenvalue weighted by molar-refractivity contribution is 5.88. The van der Waals surface area contributed by atoms with Crippen LogP contribution in [-0.4, -0.2) is 40.1 Å². The lowest BCUT2D eigenvalue weighted by atomic mass is 9.36. The van der Waals surface area contributed by atoms with Crippen LogP contribution in [0.15, 0.2) is 22.8 Å². The number of ether oxygens (including phenoxy) is 1. The Morgan fingerprint density at radius 1 is 1.14 bits per heavy atom. The molecule has 206 valence electrons. The highest BCUT2D eigenvalue weighted by atomic mass is 16.5. The Hall–Kier alpha value is -1.95. The molecule has 37 heavy (non-hydrogen) atoms. The first kappa shape index (κ1) is 28.1. The molecule has 4 fully saturated rings. The molecular weight excluding hydrogens is 468 g/mol. The summed E-state index contributed by atoms with van der Waals surface area (Å²) >= 11 is 0.